The van der Waals surface area contributed by atoms with E-state index in [4.69, 9.17) is 9.47 Å². The van der Waals surface area contributed by atoms with Crippen LogP contribution in [0.3, 0.4) is 0 Å². The molecule has 0 amide bonds. The smallest absolute Gasteiger partial charge is 0.349 e. The molecule has 8 nitrogen and oxygen atoms in total. The van der Waals surface area contributed by atoms with E-state index in [-0.39, 0.29) is 24.3 Å². The number of anilines is 1. The van der Waals surface area contributed by atoms with Crippen molar-refractivity contribution in [1.82, 2.24) is 9.97 Å². The summed E-state index contributed by atoms with van der Waals surface area (Å²) in [6.45, 7) is 3.69. The summed E-state index contributed by atoms with van der Waals surface area (Å²) in [4.78, 5) is 18.4. The van der Waals surface area contributed by atoms with E-state index in [1.54, 1.807) is 0 Å². The largest absolute Gasteiger partial charge is 0.470 e. The van der Waals surface area contributed by atoms with E-state index in [1.165, 1.54) is 6.20 Å². The standard InChI is InChI=1S/C13H20N4O4/c1-2-6-14-13-15-8-11(17(18)19)12(16-13)21-9-10-5-3-4-7-20-10/h8,10H,2-7,9H2,1H3,(H,14,15,16). The van der Waals surface area contributed by atoms with Gasteiger partial charge in [-0.3, -0.25) is 10.1 Å². The molecule has 0 aliphatic carbocycles. The molecule has 1 aliphatic rings. The number of hydrogen-bond donors (Lipinski definition) is 1. The number of aromatic nitrogens is 2. The first-order valence-corrected chi connectivity index (χ1v) is 7.20. The predicted octanol–water partition coefficient (Wildman–Crippen LogP) is 2.15. The number of ether oxygens (including phenoxy) is 2. The van der Waals surface area contributed by atoms with Crippen LogP contribution in [-0.4, -0.2) is 40.8 Å². The third-order valence-electron chi connectivity index (χ3n) is 3.15. The summed E-state index contributed by atoms with van der Waals surface area (Å²) in [5.41, 5.74) is -0.229. The molecule has 0 saturated carbocycles. The first-order chi connectivity index (χ1) is 10.2. The molecule has 1 fully saturated rings. The predicted molar refractivity (Wildman–Crippen MR) is 76.6 cm³/mol. The molecule has 21 heavy (non-hydrogen) atoms. The van der Waals surface area contributed by atoms with Crippen LogP contribution in [-0.2, 0) is 4.74 Å². The van der Waals surface area contributed by atoms with Crippen LogP contribution < -0.4 is 10.1 Å². The second kappa shape index (κ2) is 7.72. The average Bonchev–Trinajstić information content (AvgIpc) is 2.51. The van der Waals surface area contributed by atoms with Gasteiger partial charge in [-0.1, -0.05) is 6.92 Å². The zero-order valence-electron chi connectivity index (χ0n) is 12.1. The summed E-state index contributed by atoms with van der Waals surface area (Å²) in [6.07, 6.45) is 5.09. The van der Waals surface area contributed by atoms with E-state index in [2.05, 4.69) is 15.3 Å². The number of hydrogen-bond acceptors (Lipinski definition) is 7. The second-order valence-electron chi connectivity index (χ2n) is 4.87. The van der Waals surface area contributed by atoms with Gasteiger partial charge in [0.1, 0.15) is 12.8 Å². The molecule has 0 bridgehead atoms. The van der Waals surface area contributed by atoms with E-state index in [0.717, 1.165) is 25.7 Å². The number of nitrogens with zero attached hydrogens (tertiary/aromatic N) is 3. The van der Waals surface area contributed by atoms with E-state index < -0.39 is 4.92 Å². The van der Waals surface area contributed by atoms with E-state index >= 15 is 0 Å². The van der Waals surface area contributed by atoms with E-state index in [9.17, 15) is 10.1 Å². The Kier molecular flexibility index (Phi) is 5.68. The van der Waals surface area contributed by atoms with E-state index in [1.807, 2.05) is 6.92 Å². The molecule has 1 atom stereocenters. The summed E-state index contributed by atoms with van der Waals surface area (Å²) in [6, 6.07) is 0. The highest BCUT2D eigenvalue weighted by molar-refractivity contribution is 5.43. The Morgan fingerprint density at radius 3 is 3.10 bits per heavy atom. The molecule has 1 aliphatic heterocycles. The maximum Gasteiger partial charge on any atom is 0.349 e. The summed E-state index contributed by atoms with van der Waals surface area (Å²) >= 11 is 0. The van der Waals surface area contributed by atoms with Gasteiger partial charge in [0.2, 0.25) is 5.95 Å². The van der Waals surface area contributed by atoms with Crippen molar-refractivity contribution >= 4 is 11.6 Å². The van der Waals surface area contributed by atoms with Crippen molar-refractivity contribution in [3.8, 4) is 5.88 Å². The fourth-order valence-corrected chi connectivity index (χ4v) is 2.02. The normalized spacial score (nSPS) is 18.2. The van der Waals surface area contributed by atoms with Crippen LogP contribution in [0.25, 0.3) is 0 Å². The van der Waals surface area contributed by atoms with Gasteiger partial charge >= 0.3 is 5.69 Å². The van der Waals surface area contributed by atoms with Crippen molar-refractivity contribution in [2.24, 2.45) is 0 Å². The average molecular weight is 296 g/mol. The highest BCUT2D eigenvalue weighted by Gasteiger charge is 2.21. The van der Waals surface area contributed by atoms with Crippen LogP contribution in [0.15, 0.2) is 6.20 Å². The molecule has 8 heteroatoms. The van der Waals surface area contributed by atoms with Gasteiger partial charge in [0.15, 0.2) is 0 Å². The van der Waals surface area contributed by atoms with Crippen LogP contribution in [0.4, 0.5) is 11.6 Å². The third kappa shape index (κ3) is 4.52. The molecular weight excluding hydrogens is 276 g/mol. The molecule has 1 saturated heterocycles. The molecule has 0 aromatic carbocycles. The van der Waals surface area contributed by atoms with Crippen molar-refractivity contribution in [3.05, 3.63) is 16.3 Å². The first kappa shape index (κ1) is 15.4. The van der Waals surface area contributed by atoms with Gasteiger partial charge in [-0.05, 0) is 25.7 Å². The van der Waals surface area contributed by atoms with Crippen molar-refractivity contribution in [3.63, 3.8) is 0 Å². The van der Waals surface area contributed by atoms with Gasteiger partial charge < -0.3 is 14.8 Å². The fraction of sp³-hybridized carbons (Fsp3) is 0.692. The van der Waals surface area contributed by atoms with Gasteiger partial charge in [-0.15, -0.1) is 0 Å². The Balaban J connectivity index is 2.04. The first-order valence-electron chi connectivity index (χ1n) is 7.20. The molecule has 0 spiro atoms. The highest BCUT2D eigenvalue weighted by atomic mass is 16.6. The van der Waals surface area contributed by atoms with Gasteiger partial charge in [0, 0.05) is 13.2 Å². The quantitative estimate of drug-likeness (QED) is 0.608. The van der Waals surface area contributed by atoms with Crippen LogP contribution in [0, 0.1) is 10.1 Å². The van der Waals surface area contributed by atoms with Gasteiger partial charge in [-0.2, -0.15) is 4.98 Å². The topological polar surface area (TPSA) is 99.4 Å². The van der Waals surface area contributed by atoms with Gasteiger partial charge in [-0.25, -0.2) is 4.98 Å². The molecule has 2 rings (SSSR count). The molecular formula is C13H20N4O4. The molecule has 116 valence electrons. The monoisotopic (exact) mass is 296 g/mol. The Morgan fingerprint density at radius 2 is 2.43 bits per heavy atom. The van der Waals surface area contributed by atoms with Crippen LogP contribution in [0.1, 0.15) is 32.6 Å². The van der Waals surface area contributed by atoms with Crippen LogP contribution in [0.5, 0.6) is 5.88 Å². The lowest BCUT2D eigenvalue weighted by molar-refractivity contribution is -0.386. The molecule has 1 aromatic rings. The second-order valence-corrected chi connectivity index (χ2v) is 4.87. The molecule has 1 unspecified atom stereocenters. The van der Waals surface area contributed by atoms with E-state index in [0.29, 0.717) is 19.1 Å². The minimum absolute atomic E-state index is 0.0113. The van der Waals surface area contributed by atoms with Crippen molar-refractivity contribution in [2.75, 3.05) is 25.1 Å². The zero-order chi connectivity index (χ0) is 15.1. The van der Waals surface area contributed by atoms with Gasteiger partial charge in [0.25, 0.3) is 5.88 Å². The fourth-order valence-electron chi connectivity index (χ4n) is 2.02. The summed E-state index contributed by atoms with van der Waals surface area (Å²) in [5, 5.41) is 14.0. The summed E-state index contributed by atoms with van der Waals surface area (Å²) in [7, 11) is 0. The molecule has 2 heterocycles. The lowest BCUT2D eigenvalue weighted by atomic mass is 10.1. The Hall–Kier alpha value is -1.96. The Labute approximate surface area is 123 Å². The number of nitrogens with one attached hydrogen (secondary N) is 1. The number of nitro groups is 1. The van der Waals surface area contributed by atoms with Crippen LogP contribution in [0.2, 0.25) is 0 Å². The lowest BCUT2D eigenvalue weighted by Gasteiger charge is -2.22. The Morgan fingerprint density at radius 1 is 1.57 bits per heavy atom. The Bertz CT molecular complexity index is 477. The maximum atomic E-state index is 11.0. The summed E-state index contributed by atoms with van der Waals surface area (Å²) < 4.78 is 11.0. The molecule has 1 N–H and O–H groups in total. The minimum Gasteiger partial charge on any atom is -0.470 e. The molecule has 1 aromatic heterocycles. The van der Waals surface area contributed by atoms with Crippen molar-refractivity contribution in [1.29, 1.82) is 0 Å². The van der Waals surface area contributed by atoms with Crippen LogP contribution >= 0.6 is 0 Å². The SMILES string of the molecule is CCCNc1ncc([N+](=O)[O-])c(OCC2CCCCO2)n1. The lowest BCUT2D eigenvalue weighted by Crippen LogP contribution is -2.26. The zero-order valence-corrected chi connectivity index (χ0v) is 12.1. The van der Waals surface area contributed by atoms with Crippen molar-refractivity contribution in [2.45, 2.75) is 38.7 Å². The molecule has 0 radical (unpaired) electrons. The third-order valence-corrected chi connectivity index (χ3v) is 3.15. The minimum atomic E-state index is -0.541. The van der Waals surface area contributed by atoms with Gasteiger partial charge in [0.05, 0.1) is 11.0 Å². The highest BCUT2D eigenvalue weighted by Crippen LogP contribution is 2.25. The number of rotatable bonds is 7. The summed E-state index contributed by atoms with van der Waals surface area (Å²) in [5.74, 6) is 0.324. The maximum absolute atomic E-state index is 11.0. The van der Waals surface area contributed by atoms with Crippen molar-refractivity contribution < 1.29 is 14.4 Å².